The Labute approximate surface area is 165 Å². The van der Waals surface area contributed by atoms with Crippen LogP contribution in [0.5, 0.6) is 0 Å². The molecule has 3 N–H and O–H groups in total. The van der Waals surface area contributed by atoms with E-state index < -0.39 is 5.92 Å². The van der Waals surface area contributed by atoms with Gasteiger partial charge in [-0.05, 0) is 28.5 Å². The monoisotopic (exact) mass is 369 g/mol. The molecule has 0 bridgehead atoms. The number of ketones is 1. The lowest BCUT2D eigenvalue weighted by Gasteiger charge is -2.38. The molecule has 2 aromatic rings. The second-order valence-corrected chi connectivity index (χ2v) is 8.32. The molecule has 0 saturated heterocycles. The van der Waals surface area contributed by atoms with Crippen LogP contribution in [0.3, 0.4) is 0 Å². The Morgan fingerprint density at radius 2 is 1.68 bits per heavy atom. The van der Waals surface area contributed by atoms with Crippen LogP contribution in [0.25, 0.3) is 11.1 Å². The second kappa shape index (κ2) is 6.69. The van der Waals surface area contributed by atoms with Gasteiger partial charge in [0.05, 0.1) is 17.6 Å². The van der Waals surface area contributed by atoms with Crippen LogP contribution in [0.4, 0.5) is 0 Å². The first-order chi connectivity index (χ1) is 13.4. The number of dihydropyridines is 1. The zero-order chi connectivity index (χ0) is 19.9. The smallest absolute Gasteiger partial charge is 0.162 e. The standard InChI is InChI=1S/C24H23N3O/c1-24(2)12-19-22(20(28)13-24)21(18(14-25)23(26)27-19)17-10-8-16(9-11-17)15-6-4-3-5-7-15/h3-11,21,27H,12-13,26H2,1-2H3/t21-/m0/s1. The third-order valence-electron chi connectivity index (χ3n) is 5.54. The van der Waals surface area contributed by atoms with Crippen LogP contribution in [0.1, 0.15) is 38.2 Å². The van der Waals surface area contributed by atoms with E-state index in [1.807, 2.05) is 42.5 Å². The summed E-state index contributed by atoms with van der Waals surface area (Å²) in [5.74, 6) is 0.0368. The normalized spacial score (nSPS) is 21.0. The van der Waals surface area contributed by atoms with Crippen LogP contribution in [0.2, 0.25) is 0 Å². The molecule has 140 valence electrons. The minimum absolute atomic E-state index is 0.0936. The molecule has 0 unspecified atom stereocenters. The van der Waals surface area contributed by atoms with Crippen LogP contribution in [-0.4, -0.2) is 5.78 Å². The van der Waals surface area contributed by atoms with Gasteiger partial charge < -0.3 is 11.1 Å². The Kier molecular flexibility index (Phi) is 4.31. The summed E-state index contributed by atoms with van der Waals surface area (Å²) in [6.07, 6.45) is 1.22. The van der Waals surface area contributed by atoms with Crippen molar-refractivity contribution in [3.8, 4) is 17.2 Å². The highest BCUT2D eigenvalue weighted by atomic mass is 16.1. The van der Waals surface area contributed by atoms with E-state index in [0.29, 0.717) is 23.4 Å². The maximum absolute atomic E-state index is 13.0. The predicted octanol–water partition coefficient (Wildman–Crippen LogP) is 4.38. The van der Waals surface area contributed by atoms with E-state index in [-0.39, 0.29) is 11.2 Å². The number of nitrogens with two attached hydrogens (primary N) is 1. The summed E-state index contributed by atoms with van der Waals surface area (Å²) in [7, 11) is 0. The number of hydrogen-bond donors (Lipinski definition) is 2. The van der Waals surface area contributed by atoms with Gasteiger partial charge in [0.15, 0.2) is 5.78 Å². The van der Waals surface area contributed by atoms with Crippen molar-refractivity contribution in [1.82, 2.24) is 5.32 Å². The van der Waals surface area contributed by atoms with Crippen molar-refractivity contribution >= 4 is 5.78 Å². The lowest BCUT2D eigenvalue weighted by Crippen LogP contribution is -2.39. The first-order valence-electron chi connectivity index (χ1n) is 9.48. The SMILES string of the molecule is CC1(C)CC(=O)C2=C(C1)NC(N)=C(C#N)[C@@H]2c1ccc(-c2ccccc2)cc1. The largest absolute Gasteiger partial charge is 0.384 e. The number of benzene rings is 2. The van der Waals surface area contributed by atoms with Crippen LogP contribution in [-0.2, 0) is 4.79 Å². The van der Waals surface area contributed by atoms with Crippen molar-refractivity contribution in [3.63, 3.8) is 0 Å². The van der Waals surface area contributed by atoms with Crippen molar-refractivity contribution < 1.29 is 4.79 Å². The van der Waals surface area contributed by atoms with Gasteiger partial charge in [-0.25, -0.2) is 0 Å². The Balaban J connectivity index is 1.79. The number of allylic oxidation sites excluding steroid dienone is 3. The number of carbonyl (C=O) groups is 1. The Morgan fingerprint density at radius 1 is 1.04 bits per heavy atom. The molecule has 4 nitrogen and oxygen atoms in total. The maximum Gasteiger partial charge on any atom is 0.162 e. The van der Waals surface area contributed by atoms with E-state index in [4.69, 9.17) is 5.73 Å². The molecule has 2 aliphatic rings. The van der Waals surface area contributed by atoms with Gasteiger partial charge in [0.25, 0.3) is 0 Å². The molecule has 0 aromatic heterocycles. The summed E-state index contributed by atoms with van der Waals surface area (Å²) in [6.45, 7) is 4.17. The van der Waals surface area contributed by atoms with Crippen LogP contribution in [0, 0.1) is 16.7 Å². The van der Waals surface area contributed by atoms with Gasteiger partial charge in [-0.1, -0.05) is 68.4 Å². The van der Waals surface area contributed by atoms with E-state index >= 15 is 0 Å². The lowest BCUT2D eigenvalue weighted by atomic mass is 9.69. The van der Waals surface area contributed by atoms with E-state index in [0.717, 1.165) is 28.8 Å². The number of carbonyl (C=O) groups excluding carboxylic acids is 1. The Bertz CT molecular complexity index is 1040. The average Bonchev–Trinajstić information content (AvgIpc) is 2.67. The molecular weight excluding hydrogens is 346 g/mol. The summed E-state index contributed by atoms with van der Waals surface area (Å²) in [6, 6.07) is 20.4. The Morgan fingerprint density at radius 3 is 2.32 bits per heavy atom. The fraction of sp³-hybridized carbons (Fsp3) is 0.250. The number of nitriles is 1. The summed E-state index contributed by atoms with van der Waals surface area (Å²) < 4.78 is 0. The lowest BCUT2D eigenvalue weighted by molar-refractivity contribution is -0.118. The molecule has 1 aliphatic heterocycles. The first kappa shape index (κ1) is 18.1. The zero-order valence-corrected chi connectivity index (χ0v) is 16.1. The van der Waals surface area contributed by atoms with Crippen LogP contribution in [0.15, 0.2) is 77.3 Å². The van der Waals surface area contributed by atoms with E-state index in [1.54, 1.807) is 0 Å². The van der Waals surface area contributed by atoms with Crippen molar-refractivity contribution in [2.75, 3.05) is 0 Å². The van der Waals surface area contributed by atoms with Crippen LogP contribution < -0.4 is 11.1 Å². The van der Waals surface area contributed by atoms with Crippen molar-refractivity contribution in [3.05, 3.63) is 82.8 Å². The highest BCUT2D eigenvalue weighted by Crippen LogP contribution is 2.45. The van der Waals surface area contributed by atoms with Gasteiger partial charge in [0.2, 0.25) is 0 Å². The third kappa shape index (κ3) is 3.10. The topological polar surface area (TPSA) is 78.9 Å². The third-order valence-corrected chi connectivity index (χ3v) is 5.54. The van der Waals surface area contributed by atoms with Gasteiger partial charge >= 0.3 is 0 Å². The molecule has 28 heavy (non-hydrogen) atoms. The van der Waals surface area contributed by atoms with E-state index in [9.17, 15) is 10.1 Å². The quantitative estimate of drug-likeness (QED) is 0.823. The molecule has 0 saturated carbocycles. The summed E-state index contributed by atoms with van der Waals surface area (Å²) in [5, 5.41) is 12.9. The van der Waals surface area contributed by atoms with E-state index in [2.05, 4.69) is 37.4 Å². The molecule has 0 spiro atoms. The summed E-state index contributed by atoms with van der Waals surface area (Å²) >= 11 is 0. The number of nitrogens with one attached hydrogen (secondary N) is 1. The summed E-state index contributed by atoms with van der Waals surface area (Å²) in [5.41, 5.74) is 11.2. The minimum Gasteiger partial charge on any atom is -0.384 e. The fourth-order valence-electron chi connectivity index (χ4n) is 4.27. The molecule has 1 atom stereocenters. The molecule has 0 fully saturated rings. The highest BCUT2D eigenvalue weighted by molar-refractivity contribution is 6.00. The van der Waals surface area contributed by atoms with Gasteiger partial charge in [-0.2, -0.15) is 5.26 Å². The maximum atomic E-state index is 13.0. The number of nitrogens with zero attached hydrogens (tertiary/aromatic N) is 1. The van der Waals surface area contributed by atoms with Crippen molar-refractivity contribution in [2.45, 2.75) is 32.6 Å². The molecule has 1 aliphatic carbocycles. The molecule has 1 heterocycles. The van der Waals surface area contributed by atoms with Gasteiger partial charge in [0, 0.05) is 17.7 Å². The average molecular weight is 369 g/mol. The van der Waals surface area contributed by atoms with Gasteiger partial charge in [-0.3, -0.25) is 4.79 Å². The number of Topliss-reactive ketones (excluding diaryl/α,β-unsaturated/α-hetero) is 1. The van der Waals surface area contributed by atoms with Crippen molar-refractivity contribution in [2.24, 2.45) is 11.1 Å². The molecule has 2 aromatic carbocycles. The second-order valence-electron chi connectivity index (χ2n) is 8.32. The molecule has 0 amide bonds. The van der Waals surface area contributed by atoms with Crippen LogP contribution >= 0.6 is 0 Å². The molecule has 4 rings (SSSR count). The van der Waals surface area contributed by atoms with Gasteiger partial charge in [0.1, 0.15) is 5.82 Å². The summed E-state index contributed by atoms with van der Waals surface area (Å²) in [4.78, 5) is 13.0. The minimum atomic E-state index is -0.408. The fourth-order valence-corrected chi connectivity index (χ4v) is 4.27. The number of hydrogen-bond acceptors (Lipinski definition) is 4. The van der Waals surface area contributed by atoms with Crippen molar-refractivity contribution in [1.29, 1.82) is 5.26 Å². The number of rotatable bonds is 2. The molecule has 0 radical (unpaired) electrons. The Hall–Kier alpha value is -3.32. The van der Waals surface area contributed by atoms with E-state index in [1.165, 1.54) is 0 Å². The van der Waals surface area contributed by atoms with Gasteiger partial charge in [-0.15, -0.1) is 0 Å². The molecule has 4 heteroatoms. The zero-order valence-electron chi connectivity index (χ0n) is 16.1. The first-order valence-corrected chi connectivity index (χ1v) is 9.48. The highest BCUT2D eigenvalue weighted by Gasteiger charge is 2.41. The molecular formula is C24H23N3O. The predicted molar refractivity (Wildman–Crippen MR) is 110 cm³/mol.